The molecule has 0 spiro atoms. The molecule has 1 aliphatic rings. The van der Waals surface area contributed by atoms with Crippen molar-refractivity contribution in [1.29, 1.82) is 0 Å². The molecule has 0 bridgehead atoms. The normalized spacial score (nSPS) is 19.7. The topological polar surface area (TPSA) is 68.0 Å². The Labute approximate surface area is 112 Å². The van der Waals surface area contributed by atoms with E-state index >= 15 is 0 Å². The molecule has 1 unspecified atom stereocenters. The highest BCUT2D eigenvalue weighted by Crippen LogP contribution is 2.21. The van der Waals surface area contributed by atoms with E-state index in [0.717, 1.165) is 19.5 Å². The molecule has 1 aromatic heterocycles. The van der Waals surface area contributed by atoms with E-state index in [-0.39, 0.29) is 11.6 Å². The SMILES string of the molecule is Nc1ncc(Cl)cc1C(=O)CCC1CCCNC1. The third-order valence-corrected chi connectivity index (χ3v) is 3.57. The Balaban J connectivity index is 1.92. The van der Waals surface area contributed by atoms with E-state index in [4.69, 9.17) is 17.3 Å². The minimum Gasteiger partial charge on any atom is -0.383 e. The molecule has 2 heterocycles. The van der Waals surface area contributed by atoms with Gasteiger partial charge in [0.1, 0.15) is 5.82 Å². The third-order valence-electron chi connectivity index (χ3n) is 3.36. The minimum absolute atomic E-state index is 0.0353. The number of piperidine rings is 1. The quantitative estimate of drug-likeness (QED) is 0.822. The zero-order valence-corrected chi connectivity index (χ0v) is 11.0. The van der Waals surface area contributed by atoms with E-state index in [1.54, 1.807) is 6.07 Å². The first-order valence-electron chi connectivity index (χ1n) is 6.32. The predicted octanol–water partition coefficient (Wildman–Crippen LogP) is 2.28. The van der Waals surface area contributed by atoms with Crippen LogP contribution in [0.2, 0.25) is 5.02 Å². The zero-order chi connectivity index (χ0) is 13.0. The molecule has 0 amide bonds. The number of aromatic nitrogens is 1. The van der Waals surface area contributed by atoms with E-state index in [9.17, 15) is 4.79 Å². The average molecular weight is 268 g/mol. The van der Waals surface area contributed by atoms with Gasteiger partial charge >= 0.3 is 0 Å². The van der Waals surface area contributed by atoms with Crippen LogP contribution in [0, 0.1) is 5.92 Å². The van der Waals surface area contributed by atoms with E-state index in [1.807, 2.05) is 0 Å². The Kier molecular flexibility index (Phi) is 4.55. The summed E-state index contributed by atoms with van der Waals surface area (Å²) in [6, 6.07) is 1.60. The lowest BCUT2D eigenvalue weighted by Gasteiger charge is -2.22. The summed E-state index contributed by atoms with van der Waals surface area (Å²) in [6.45, 7) is 2.10. The van der Waals surface area contributed by atoms with Crippen molar-refractivity contribution in [3.05, 3.63) is 22.8 Å². The van der Waals surface area contributed by atoms with Gasteiger partial charge in [-0.25, -0.2) is 4.98 Å². The second-order valence-corrected chi connectivity index (χ2v) is 5.20. The van der Waals surface area contributed by atoms with Crippen LogP contribution in [-0.4, -0.2) is 23.9 Å². The number of nitrogens with one attached hydrogen (secondary N) is 1. The highest BCUT2D eigenvalue weighted by molar-refractivity contribution is 6.31. The molecule has 98 valence electrons. The van der Waals surface area contributed by atoms with E-state index < -0.39 is 0 Å². The Morgan fingerprint density at radius 2 is 2.44 bits per heavy atom. The number of nitrogens with zero attached hydrogens (tertiary/aromatic N) is 1. The fourth-order valence-electron chi connectivity index (χ4n) is 2.31. The number of hydrogen-bond acceptors (Lipinski definition) is 4. The number of pyridine rings is 1. The molecular weight excluding hydrogens is 250 g/mol. The van der Waals surface area contributed by atoms with Gasteiger partial charge in [0.2, 0.25) is 0 Å². The number of Topliss-reactive ketones (excluding diaryl/α,β-unsaturated/α-hetero) is 1. The van der Waals surface area contributed by atoms with Crippen LogP contribution in [0.15, 0.2) is 12.3 Å². The van der Waals surface area contributed by atoms with Gasteiger partial charge < -0.3 is 11.1 Å². The molecule has 2 rings (SSSR count). The van der Waals surface area contributed by atoms with Gasteiger partial charge in [0.05, 0.1) is 10.6 Å². The van der Waals surface area contributed by atoms with E-state index in [0.29, 0.717) is 22.9 Å². The molecule has 1 aromatic rings. The summed E-state index contributed by atoms with van der Waals surface area (Å²) in [4.78, 5) is 16.0. The van der Waals surface area contributed by atoms with Crippen molar-refractivity contribution in [2.45, 2.75) is 25.7 Å². The van der Waals surface area contributed by atoms with Gasteiger partial charge in [-0.15, -0.1) is 0 Å². The van der Waals surface area contributed by atoms with Crippen LogP contribution in [0.4, 0.5) is 5.82 Å². The Morgan fingerprint density at radius 1 is 1.61 bits per heavy atom. The van der Waals surface area contributed by atoms with Crippen LogP contribution < -0.4 is 11.1 Å². The molecule has 1 atom stereocenters. The molecule has 0 radical (unpaired) electrons. The molecule has 0 saturated carbocycles. The summed E-state index contributed by atoms with van der Waals surface area (Å²) in [7, 11) is 0. The van der Waals surface area contributed by atoms with Crippen LogP contribution >= 0.6 is 11.6 Å². The number of nitrogens with two attached hydrogens (primary N) is 1. The number of carbonyl (C=O) groups is 1. The Bertz CT molecular complexity index is 430. The lowest BCUT2D eigenvalue weighted by molar-refractivity contribution is 0.0972. The highest BCUT2D eigenvalue weighted by atomic mass is 35.5. The summed E-state index contributed by atoms with van der Waals surface area (Å²) < 4.78 is 0. The summed E-state index contributed by atoms with van der Waals surface area (Å²) in [5.41, 5.74) is 6.15. The first kappa shape index (κ1) is 13.3. The molecule has 3 N–H and O–H groups in total. The maximum atomic E-state index is 12.1. The Hall–Kier alpha value is -1.13. The van der Waals surface area contributed by atoms with E-state index in [1.165, 1.54) is 19.0 Å². The van der Waals surface area contributed by atoms with Crippen molar-refractivity contribution >= 4 is 23.2 Å². The maximum Gasteiger partial charge on any atom is 0.166 e. The first-order chi connectivity index (χ1) is 8.66. The lowest BCUT2D eigenvalue weighted by Crippen LogP contribution is -2.30. The van der Waals surface area contributed by atoms with Crippen LogP contribution in [0.25, 0.3) is 0 Å². The van der Waals surface area contributed by atoms with E-state index in [2.05, 4.69) is 10.3 Å². The summed E-state index contributed by atoms with van der Waals surface area (Å²) in [6.07, 6.45) is 5.26. The van der Waals surface area contributed by atoms with Gasteiger partial charge in [-0.05, 0) is 44.3 Å². The van der Waals surface area contributed by atoms with Crippen LogP contribution in [-0.2, 0) is 0 Å². The number of hydrogen-bond donors (Lipinski definition) is 2. The van der Waals surface area contributed by atoms with Crippen molar-refractivity contribution in [1.82, 2.24) is 10.3 Å². The molecule has 1 aliphatic heterocycles. The number of halogens is 1. The van der Waals surface area contributed by atoms with Crippen molar-refractivity contribution in [2.24, 2.45) is 5.92 Å². The van der Waals surface area contributed by atoms with Gasteiger partial charge in [-0.2, -0.15) is 0 Å². The molecule has 0 aliphatic carbocycles. The molecular formula is C13H18ClN3O. The van der Waals surface area contributed by atoms with Gasteiger partial charge in [-0.3, -0.25) is 4.79 Å². The molecule has 4 nitrogen and oxygen atoms in total. The fourth-order valence-corrected chi connectivity index (χ4v) is 2.47. The molecule has 18 heavy (non-hydrogen) atoms. The second kappa shape index (κ2) is 6.16. The van der Waals surface area contributed by atoms with Gasteiger partial charge in [-0.1, -0.05) is 11.6 Å². The van der Waals surface area contributed by atoms with Crippen LogP contribution in [0.5, 0.6) is 0 Å². The van der Waals surface area contributed by atoms with Gasteiger partial charge in [0.25, 0.3) is 0 Å². The van der Waals surface area contributed by atoms with Crippen molar-refractivity contribution < 1.29 is 4.79 Å². The molecule has 1 saturated heterocycles. The van der Waals surface area contributed by atoms with Crippen LogP contribution in [0.1, 0.15) is 36.0 Å². The summed E-state index contributed by atoms with van der Waals surface area (Å²) in [5.74, 6) is 0.898. The number of rotatable bonds is 4. The fraction of sp³-hybridized carbons (Fsp3) is 0.538. The number of anilines is 1. The molecule has 0 aromatic carbocycles. The summed E-state index contributed by atoms with van der Waals surface area (Å²) >= 11 is 5.83. The lowest BCUT2D eigenvalue weighted by atomic mass is 9.92. The predicted molar refractivity (Wildman–Crippen MR) is 72.8 cm³/mol. The molecule has 1 fully saturated rings. The zero-order valence-electron chi connectivity index (χ0n) is 10.3. The number of nitrogen functional groups attached to an aromatic ring is 1. The smallest absolute Gasteiger partial charge is 0.166 e. The highest BCUT2D eigenvalue weighted by Gasteiger charge is 2.17. The standard InChI is InChI=1S/C13H18ClN3O/c14-10-6-11(13(15)17-8-10)12(18)4-3-9-2-1-5-16-7-9/h6,8-9,16H,1-5,7H2,(H2,15,17). The van der Waals surface area contributed by atoms with Crippen molar-refractivity contribution in [3.63, 3.8) is 0 Å². The minimum atomic E-state index is 0.0353. The monoisotopic (exact) mass is 267 g/mol. The molecule has 5 heteroatoms. The van der Waals surface area contributed by atoms with Crippen molar-refractivity contribution in [3.8, 4) is 0 Å². The average Bonchev–Trinajstić information content (AvgIpc) is 2.40. The second-order valence-electron chi connectivity index (χ2n) is 4.76. The van der Waals surface area contributed by atoms with Crippen LogP contribution in [0.3, 0.4) is 0 Å². The van der Waals surface area contributed by atoms with Crippen molar-refractivity contribution in [2.75, 3.05) is 18.8 Å². The largest absolute Gasteiger partial charge is 0.383 e. The Morgan fingerprint density at radius 3 is 3.17 bits per heavy atom. The van der Waals surface area contributed by atoms with Gasteiger partial charge in [0.15, 0.2) is 5.78 Å². The number of ketones is 1. The van der Waals surface area contributed by atoms with Gasteiger partial charge in [0, 0.05) is 12.6 Å². The first-order valence-corrected chi connectivity index (χ1v) is 6.69. The summed E-state index contributed by atoms with van der Waals surface area (Å²) in [5, 5.41) is 3.80. The third kappa shape index (κ3) is 3.43. The number of carbonyl (C=O) groups excluding carboxylic acids is 1. The maximum absolute atomic E-state index is 12.1.